The van der Waals surface area contributed by atoms with E-state index in [4.69, 9.17) is 5.73 Å². The summed E-state index contributed by atoms with van der Waals surface area (Å²) < 4.78 is 26.6. The summed E-state index contributed by atoms with van der Waals surface area (Å²) in [4.78, 5) is 0.166. The first kappa shape index (κ1) is 13.2. The lowest BCUT2D eigenvalue weighted by Gasteiger charge is -2.07. The highest BCUT2D eigenvalue weighted by atomic mass is 79.9. The third-order valence-corrected chi connectivity index (χ3v) is 3.50. The number of anilines is 1. The van der Waals surface area contributed by atoms with E-state index in [2.05, 4.69) is 27.2 Å². The Hall–Kier alpha value is -0.850. The first-order valence-electron chi connectivity index (χ1n) is 4.51. The molecule has 0 radical (unpaired) electrons. The molecule has 0 fully saturated rings. The quantitative estimate of drug-likeness (QED) is 0.833. The van der Waals surface area contributed by atoms with Crippen LogP contribution in [-0.4, -0.2) is 15.0 Å². The van der Waals surface area contributed by atoms with Gasteiger partial charge in [-0.05, 0) is 30.7 Å². The van der Waals surface area contributed by atoms with Gasteiger partial charge < -0.3 is 5.73 Å². The smallest absolute Gasteiger partial charge is 0.240 e. The molecular weight excluding hydrogens is 292 g/mol. The highest BCUT2D eigenvalue weighted by Gasteiger charge is 2.14. The minimum absolute atomic E-state index is 0.149. The summed E-state index contributed by atoms with van der Waals surface area (Å²) in [7, 11) is -3.52. The Kier molecular flexibility index (Phi) is 4.12. The standard InChI is InChI=1S/C10H13BrN2O2S/c1-7-3-9(12)5-10(4-7)16(14,15)13-6-8(2)11/h3-5,13H,2,6,12H2,1H3. The second-order valence-corrected chi connectivity index (χ2v) is 6.31. The largest absolute Gasteiger partial charge is 0.399 e. The van der Waals surface area contributed by atoms with Crippen LogP contribution in [0.1, 0.15) is 5.56 Å². The Morgan fingerprint density at radius 3 is 2.62 bits per heavy atom. The number of nitrogens with two attached hydrogens (primary N) is 1. The van der Waals surface area contributed by atoms with E-state index in [9.17, 15) is 8.42 Å². The molecule has 0 bridgehead atoms. The normalized spacial score (nSPS) is 11.4. The molecule has 0 unspecified atom stereocenters. The van der Waals surface area contributed by atoms with Crippen molar-refractivity contribution in [2.45, 2.75) is 11.8 Å². The minimum atomic E-state index is -3.52. The van der Waals surface area contributed by atoms with Crippen LogP contribution in [0.3, 0.4) is 0 Å². The maximum atomic E-state index is 11.8. The van der Waals surface area contributed by atoms with E-state index in [1.54, 1.807) is 19.1 Å². The maximum absolute atomic E-state index is 11.8. The van der Waals surface area contributed by atoms with Crippen molar-refractivity contribution >= 4 is 31.6 Å². The van der Waals surface area contributed by atoms with Crippen molar-refractivity contribution in [3.63, 3.8) is 0 Å². The summed E-state index contributed by atoms with van der Waals surface area (Å²) >= 11 is 3.08. The molecule has 3 N–H and O–H groups in total. The monoisotopic (exact) mass is 304 g/mol. The lowest BCUT2D eigenvalue weighted by molar-refractivity contribution is 0.585. The van der Waals surface area contributed by atoms with Gasteiger partial charge in [0.1, 0.15) is 0 Å². The first-order valence-corrected chi connectivity index (χ1v) is 6.79. The summed E-state index contributed by atoms with van der Waals surface area (Å²) in [5.41, 5.74) is 6.83. The van der Waals surface area contributed by atoms with Crippen molar-refractivity contribution in [1.29, 1.82) is 0 Å². The fraction of sp³-hybridized carbons (Fsp3) is 0.200. The van der Waals surface area contributed by atoms with Crippen LogP contribution in [0.2, 0.25) is 0 Å². The summed E-state index contributed by atoms with van der Waals surface area (Å²) in [6, 6.07) is 4.70. The highest BCUT2D eigenvalue weighted by Crippen LogP contribution is 2.16. The van der Waals surface area contributed by atoms with Crippen LogP contribution < -0.4 is 10.5 Å². The van der Waals surface area contributed by atoms with Gasteiger partial charge in [-0.2, -0.15) is 0 Å². The molecule has 0 saturated heterocycles. The zero-order chi connectivity index (χ0) is 12.3. The van der Waals surface area contributed by atoms with Gasteiger partial charge in [0, 0.05) is 16.7 Å². The van der Waals surface area contributed by atoms with Crippen molar-refractivity contribution in [3.8, 4) is 0 Å². The van der Waals surface area contributed by atoms with Crippen LogP contribution in [0.25, 0.3) is 0 Å². The first-order chi connectivity index (χ1) is 7.31. The van der Waals surface area contributed by atoms with Gasteiger partial charge in [-0.25, -0.2) is 13.1 Å². The van der Waals surface area contributed by atoms with Crippen LogP contribution >= 0.6 is 15.9 Å². The van der Waals surface area contributed by atoms with Crippen LogP contribution in [0.4, 0.5) is 5.69 Å². The topological polar surface area (TPSA) is 72.2 Å². The molecule has 0 spiro atoms. The zero-order valence-corrected chi connectivity index (χ0v) is 11.2. The van der Waals surface area contributed by atoms with E-state index >= 15 is 0 Å². The third kappa shape index (κ3) is 3.62. The van der Waals surface area contributed by atoms with E-state index in [0.717, 1.165) is 5.56 Å². The van der Waals surface area contributed by atoms with Crippen molar-refractivity contribution in [2.24, 2.45) is 0 Å². The van der Waals surface area contributed by atoms with Gasteiger partial charge in [0.15, 0.2) is 0 Å². The van der Waals surface area contributed by atoms with Crippen molar-refractivity contribution in [2.75, 3.05) is 12.3 Å². The Bertz CT molecular complexity index is 491. The number of nitrogen functional groups attached to an aromatic ring is 1. The van der Waals surface area contributed by atoms with Gasteiger partial charge in [-0.3, -0.25) is 0 Å². The van der Waals surface area contributed by atoms with Crippen LogP contribution in [0, 0.1) is 6.92 Å². The number of nitrogens with one attached hydrogen (secondary N) is 1. The van der Waals surface area contributed by atoms with Gasteiger partial charge in [0.2, 0.25) is 10.0 Å². The van der Waals surface area contributed by atoms with Gasteiger partial charge >= 0.3 is 0 Å². The molecule has 1 rings (SSSR count). The molecule has 0 aromatic heterocycles. The van der Waals surface area contributed by atoms with E-state index in [-0.39, 0.29) is 11.4 Å². The lowest BCUT2D eigenvalue weighted by Crippen LogP contribution is -2.24. The number of benzene rings is 1. The second kappa shape index (κ2) is 4.99. The molecule has 88 valence electrons. The highest BCUT2D eigenvalue weighted by molar-refractivity contribution is 9.11. The number of sulfonamides is 1. The molecular formula is C10H13BrN2O2S. The lowest BCUT2D eigenvalue weighted by atomic mass is 10.2. The SMILES string of the molecule is C=C(Br)CNS(=O)(=O)c1cc(C)cc(N)c1. The number of halogens is 1. The molecule has 4 nitrogen and oxygen atoms in total. The van der Waals surface area contributed by atoms with Crippen molar-refractivity contribution < 1.29 is 8.42 Å². The van der Waals surface area contributed by atoms with Crippen molar-refractivity contribution in [1.82, 2.24) is 4.72 Å². The Labute approximate surface area is 104 Å². The molecule has 0 aliphatic rings. The maximum Gasteiger partial charge on any atom is 0.240 e. The number of hydrogen-bond acceptors (Lipinski definition) is 3. The van der Waals surface area contributed by atoms with Crippen molar-refractivity contribution in [3.05, 3.63) is 34.8 Å². The van der Waals surface area contributed by atoms with Gasteiger partial charge in [0.25, 0.3) is 0 Å². The van der Waals surface area contributed by atoms with Crippen LogP contribution in [0.15, 0.2) is 34.2 Å². The number of hydrogen-bond donors (Lipinski definition) is 2. The molecule has 1 aromatic rings. The molecule has 0 aliphatic carbocycles. The number of rotatable bonds is 4. The minimum Gasteiger partial charge on any atom is -0.399 e. The Morgan fingerprint density at radius 1 is 1.50 bits per heavy atom. The average Bonchev–Trinajstić information content (AvgIpc) is 2.13. The van der Waals surface area contributed by atoms with E-state index in [1.807, 2.05) is 0 Å². The summed E-state index contributed by atoms with van der Waals surface area (Å²) in [5, 5.41) is 0. The second-order valence-electron chi connectivity index (χ2n) is 3.42. The summed E-state index contributed by atoms with van der Waals surface area (Å²) in [6.07, 6.45) is 0. The Morgan fingerprint density at radius 2 is 2.12 bits per heavy atom. The van der Waals surface area contributed by atoms with E-state index in [1.165, 1.54) is 6.07 Å². The summed E-state index contributed by atoms with van der Waals surface area (Å²) in [6.45, 7) is 5.49. The average molecular weight is 305 g/mol. The number of aryl methyl sites for hydroxylation is 1. The van der Waals surface area contributed by atoms with Crippen LogP contribution in [-0.2, 0) is 10.0 Å². The molecule has 0 saturated carbocycles. The zero-order valence-electron chi connectivity index (χ0n) is 8.83. The van der Waals surface area contributed by atoms with E-state index < -0.39 is 10.0 Å². The van der Waals surface area contributed by atoms with Gasteiger partial charge in [-0.1, -0.05) is 22.5 Å². The predicted molar refractivity (Wildman–Crippen MR) is 68.8 cm³/mol. The molecule has 0 amide bonds. The molecule has 1 aromatic carbocycles. The molecule has 0 heterocycles. The fourth-order valence-electron chi connectivity index (χ4n) is 1.19. The summed E-state index contributed by atoms with van der Waals surface area (Å²) in [5.74, 6) is 0. The molecule has 6 heteroatoms. The fourth-order valence-corrected chi connectivity index (χ4v) is 2.68. The van der Waals surface area contributed by atoms with E-state index in [0.29, 0.717) is 10.2 Å². The van der Waals surface area contributed by atoms with Gasteiger partial charge in [-0.15, -0.1) is 0 Å². The van der Waals surface area contributed by atoms with Crippen LogP contribution in [0.5, 0.6) is 0 Å². The molecule has 16 heavy (non-hydrogen) atoms. The third-order valence-electron chi connectivity index (χ3n) is 1.84. The van der Waals surface area contributed by atoms with Gasteiger partial charge in [0.05, 0.1) is 4.90 Å². The Balaban J connectivity index is 3.02. The predicted octanol–water partition coefficient (Wildman–Crippen LogP) is 1.76. The molecule has 0 aliphatic heterocycles. The molecule has 0 atom stereocenters.